The highest BCUT2D eigenvalue weighted by Crippen LogP contribution is 2.61. The first kappa shape index (κ1) is 14.0. The van der Waals surface area contributed by atoms with Crippen molar-refractivity contribution in [3.63, 3.8) is 0 Å². The van der Waals surface area contributed by atoms with Crippen LogP contribution in [-0.2, 0) is 0 Å². The first-order chi connectivity index (χ1) is 6.96. The maximum atomic E-state index is 6.49. The molecule has 1 fully saturated rings. The molecule has 1 saturated carbocycles. The molecule has 1 aliphatic carbocycles. The molecule has 0 aromatic carbocycles. The van der Waals surface area contributed by atoms with Crippen LogP contribution in [0.15, 0.2) is 0 Å². The minimum atomic E-state index is -0.571. The summed E-state index contributed by atoms with van der Waals surface area (Å²) in [6.07, 6.45) is 5.32. The Hall–Kier alpha value is -0.0800. The molecule has 2 nitrogen and oxygen atoms in total. The summed E-state index contributed by atoms with van der Waals surface area (Å²) in [4.78, 5) is 0. The van der Waals surface area contributed by atoms with Gasteiger partial charge < -0.3 is 11.5 Å². The summed E-state index contributed by atoms with van der Waals surface area (Å²) in [6, 6.07) is 0. The highest BCUT2D eigenvalue weighted by atomic mass is 15.0. The van der Waals surface area contributed by atoms with Crippen molar-refractivity contribution in [2.45, 2.75) is 66.5 Å². The zero-order chi connectivity index (χ0) is 12.8. The standard InChI is InChI=1S/C14H29N2/c1-11(2,3)13(12(4,5)6)9-7-8-10-14(13,15)16/h7H,8-10,15-16H2,1-6H3. The van der Waals surface area contributed by atoms with Gasteiger partial charge in [0.25, 0.3) is 0 Å². The molecular weight excluding hydrogens is 196 g/mol. The minimum absolute atomic E-state index is 0.0503. The Morgan fingerprint density at radius 3 is 1.62 bits per heavy atom. The molecule has 0 spiro atoms. The average molecular weight is 225 g/mol. The first-order valence-electron chi connectivity index (χ1n) is 6.35. The number of rotatable bonds is 0. The molecule has 0 bridgehead atoms. The smallest absolute Gasteiger partial charge is 0.0704 e. The Morgan fingerprint density at radius 2 is 1.38 bits per heavy atom. The normalized spacial score (nSPS) is 25.5. The SMILES string of the molecule is CC(C)(C)C1(C(C)(C)C)C[CH]CCC1(N)N. The van der Waals surface area contributed by atoms with Crippen molar-refractivity contribution < 1.29 is 0 Å². The van der Waals surface area contributed by atoms with Crippen molar-refractivity contribution in [3.8, 4) is 0 Å². The molecule has 16 heavy (non-hydrogen) atoms. The topological polar surface area (TPSA) is 52.0 Å². The van der Waals surface area contributed by atoms with E-state index in [9.17, 15) is 0 Å². The molecule has 0 unspecified atom stereocenters. The van der Waals surface area contributed by atoms with E-state index in [1.54, 1.807) is 0 Å². The molecule has 0 aliphatic heterocycles. The average Bonchev–Trinajstić information content (AvgIpc) is 1.97. The van der Waals surface area contributed by atoms with E-state index < -0.39 is 5.66 Å². The van der Waals surface area contributed by atoms with Crippen LogP contribution in [0.1, 0.15) is 60.8 Å². The van der Waals surface area contributed by atoms with E-state index in [1.807, 2.05) is 0 Å². The van der Waals surface area contributed by atoms with Crippen LogP contribution in [0.4, 0.5) is 0 Å². The zero-order valence-electron chi connectivity index (χ0n) is 11.9. The van der Waals surface area contributed by atoms with E-state index in [-0.39, 0.29) is 16.2 Å². The Balaban J connectivity index is 3.34. The highest BCUT2D eigenvalue weighted by molar-refractivity contribution is 5.14. The number of hydrogen-bond donors (Lipinski definition) is 2. The van der Waals surface area contributed by atoms with Crippen LogP contribution in [0.2, 0.25) is 0 Å². The molecule has 0 aromatic rings. The fourth-order valence-corrected chi connectivity index (χ4v) is 4.20. The second-order valence-electron chi connectivity index (χ2n) is 7.48. The van der Waals surface area contributed by atoms with Crippen molar-refractivity contribution in [1.82, 2.24) is 0 Å². The summed E-state index contributed by atoms with van der Waals surface area (Å²) in [5.41, 5.74) is 12.6. The Bertz CT molecular complexity index is 239. The van der Waals surface area contributed by atoms with Crippen molar-refractivity contribution in [2.24, 2.45) is 27.7 Å². The van der Waals surface area contributed by atoms with Crippen LogP contribution >= 0.6 is 0 Å². The predicted molar refractivity (Wildman–Crippen MR) is 70.6 cm³/mol. The molecule has 0 atom stereocenters. The van der Waals surface area contributed by atoms with Crippen LogP contribution in [0, 0.1) is 22.7 Å². The van der Waals surface area contributed by atoms with Gasteiger partial charge in [-0.2, -0.15) is 0 Å². The lowest BCUT2D eigenvalue weighted by Crippen LogP contribution is -2.72. The Morgan fingerprint density at radius 1 is 0.938 bits per heavy atom. The minimum Gasteiger partial charge on any atom is -0.313 e. The number of hydrogen-bond acceptors (Lipinski definition) is 2. The zero-order valence-corrected chi connectivity index (χ0v) is 11.9. The molecule has 2 heteroatoms. The largest absolute Gasteiger partial charge is 0.313 e. The second kappa shape index (κ2) is 3.71. The third-order valence-electron chi connectivity index (χ3n) is 4.57. The van der Waals surface area contributed by atoms with Gasteiger partial charge in [-0.05, 0) is 36.5 Å². The molecule has 1 rings (SSSR count). The summed E-state index contributed by atoms with van der Waals surface area (Å²) in [5, 5.41) is 0. The van der Waals surface area contributed by atoms with Crippen molar-refractivity contribution >= 4 is 0 Å². The van der Waals surface area contributed by atoms with Crippen LogP contribution in [0.3, 0.4) is 0 Å². The van der Waals surface area contributed by atoms with Crippen molar-refractivity contribution in [2.75, 3.05) is 0 Å². The van der Waals surface area contributed by atoms with E-state index in [4.69, 9.17) is 11.5 Å². The molecule has 0 aromatic heterocycles. The molecule has 0 saturated heterocycles. The van der Waals surface area contributed by atoms with Gasteiger partial charge >= 0.3 is 0 Å². The van der Waals surface area contributed by atoms with Gasteiger partial charge in [0.15, 0.2) is 0 Å². The number of nitrogens with two attached hydrogens (primary N) is 2. The fraction of sp³-hybridized carbons (Fsp3) is 0.929. The Labute approximate surface area is 101 Å². The third-order valence-corrected chi connectivity index (χ3v) is 4.57. The second-order valence-corrected chi connectivity index (χ2v) is 7.48. The molecule has 95 valence electrons. The van der Waals surface area contributed by atoms with Crippen LogP contribution in [-0.4, -0.2) is 5.66 Å². The van der Waals surface area contributed by atoms with Gasteiger partial charge in [0, 0.05) is 5.41 Å². The van der Waals surface area contributed by atoms with Gasteiger partial charge in [-0.3, -0.25) is 0 Å². The third kappa shape index (κ3) is 1.80. The maximum Gasteiger partial charge on any atom is 0.0704 e. The Kier molecular flexibility index (Phi) is 3.24. The highest BCUT2D eigenvalue weighted by Gasteiger charge is 2.60. The summed E-state index contributed by atoms with van der Waals surface area (Å²) >= 11 is 0. The van der Waals surface area contributed by atoms with E-state index in [2.05, 4.69) is 48.0 Å². The molecular formula is C14H29N2. The first-order valence-corrected chi connectivity index (χ1v) is 6.35. The van der Waals surface area contributed by atoms with Gasteiger partial charge in [-0.25, -0.2) is 0 Å². The lowest BCUT2D eigenvalue weighted by molar-refractivity contribution is -0.113. The quantitative estimate of drug-likeness (QED) is 0.623. The van der Waals surface area contributed by atoms with Crippen molar-refractivity contribution in [3.05, 3.63) is 6.42 Å². The summed E-state index contributed by atoms with van der Waals surface area (Å²) in [6.45, 7) is 13.6. The van der Waals surface area contributed by atoms with E-state index in [0.717, 1.165) is 19.3 Å². The predicted octanol–water partition coefficient (Wildman–Crippen LogP) is 3.07. The van der Waals surface area contributed by atoms with Gasteiger partial charge in [0.1, 0.15) is 0 Å². The molecule has 0 amide bonds. The molecule has 1 aliphatic rings. The molecule has 0 heterocycles. The van der Waals surface area contributed by atoms with Crippen molar-refractivity contribution in [1.29, 1.82) is 0 Å². The van der Waals surface area contributed by atoms with E-state index >= 15 is 0 Å². The van der Waals surface area contributed by atoms with Gasteiger partial charge in [0.2, 0.25) is 0 Å². The lowest BCUT2D eigenvalue weighted by atomic mass is 9.45. The monoisotopic (exact) mass is 225 g/mol. The van der Waals surface area contributed by atoms with Gasteiger partial charge in [-0.15, -0.1) is 0 Å². The fourth-order valence-electron chi connectivity index (χ4n) is 4.20. The molecule has 1 radical (unpaired) electrons. The summed E-state index contributed by atoms with van der Waals surface area (Å²) < 4.78 is 0. The van der Waals surface area contributed by atoms with E-state index in [1.165, 1.54) is 0 Å². The van der Waals surface area contributed by atoms with Gasteiger partial charge in [-0.1, -0.05) is 41.5 Å². The summed E-state index contributed by atoms with van der Waals surface area (Å²) in [7, 11) is 0. The molecule has 4 N–H and O–H groups in total. The lowest BCUT2D eigenvalue weighted by Gasteiger charge is -2.63. The van der Waals surface area contributed by atoms with Crippen LogP contribution < -0.4 is 11.5 Å². The van der Waals surface area contributed by atoms with Gasteiger partial charge in [0.05, 0.1) is 5.66 Å². The van der Waals surface area contributed by atoms with Crippen LogP contribution in [0.5, 0.6) is 0 Å². The maximum absolute atomic E-state index is 6.49. The van der Waals surface area contributed by atoms with Crippen LogP contribution in [0.25, 0.3) is 0 Å². The van der Waals surface area contributed by atoms with E-state index in [0.29, 0.717) is 0 Å². The summed E-state index contributed by atoms with van der Waals surface area (Å²) in [5.74, 6) is 0.